The van der Waals surface area contributed by atoms with Crippen molar-refractivity contribution in [2.24, 2.45) is 5.92 Å². The Morgan fingerprint density at radius 3 is 3.00 bits per heavy atom. The topological polar surface area (TPSA) is 49.0 Å². The quantitative estimate of drug-likeness (QED) is 0.689. The van der Waals surface area contributed by atoms with Crippen LogP contribution < -0.4 is 4.90 Å². The van der Waals surface area contributed by atoms with Crippen LogP contribution in [-0.4, -0.2) is 22.4 Å². The number of rotatable bonds is 6. The maximum atomic E-state index is 12.8. The Morgan fingerprint density at radius 2 is 2.26 bits per heavy atom. The number of likely N-dealkylation sites (N-methyl/N-ethyl adjacent to an activating group) is 1. The maximum absolute atomic E-state index is 12.8. The third-order valence-corrected chi connectivity index (χ3v) is 6.29. The van der Waals surface area contributed by atoms with Crippen LogP contribution in [0.1, 0.15) is 35.0 Å². The van der Waals surface area contributed by atoms with Gasteiger partial charge in [-0.3, -0.25) is 4.79 Å². The van der Waals surface area contributed by atoms with Gasteiger partial charge in [0.1, 0.15) is 0 Å². The van der Waals surface area contributed by atoms with Crippen LogP contribution in [0.4, 0.5) is 5.69 Å². The van der Waals surface area contributed by atoms with Gasteiger partial charge in [0, 0.05) is 29.0 Å². The van der Waals surface area contributed by atoms with Crippen LogP contribution in [0.5, 0.6) is 0 Å². The molecule has 2 heterocycles. The number of hydrogen-bond acceptors (Lipinski definition) is 3. The number of nitrogens with zero attached hydrogens (tertiary/aromatic N) is 2. The summed E-state index contributed by atoms with van der Waals surface area (Å²) >= 11 is 1.64. The summed E-state index contributed by atoms with van der Waals surface area (Å²) in [6.07, 6.45) is 8.59. The number of aromatic nitrogens is 2. The van der Waals surface area contributed by atoms with Crippen molar-refractivity contribution in [2.45, 2.75) is 39.0 Å². The molecule has 0 aliphatic heterocycles. The number of hydrogen-bond donors (Lipinski definition) is 1. The van der Waals surface area contributed by atoms with Gasteiger partial charge in [0.25, 0.3) is 0 Å². The van der Waals surface area contributed by atoms with Gasteiger partial charge in [0.15, 0.2) is 0 Å². The van der Waals surface area contributed by atoms with E-state index in [0.29, 0.717) is 18.9 Å². The average Bonchev–Trinajstić information content (AvgIpc) is 3.36. The SMILES string of the molecule is CCN(C(=O)Cc1cccs1)c1ccc2c(c1)CC(Cc1cnc[nH]1)CC2. The van der Waals surface area contributed by atoms with E-state index in [1.54, 1.807) is 17.7 Å². The molecule has 1 atom stereocenters. The lowest BCUT2D eigenvalue weighted by atomic mass is 9.81. The largest absolute Gasteiger partial charge is 0.348 e. The molecular formula is C22H25N3OS. The Balaban J connectivity index is 1.50. The van der Waals surface area contributed by atoms with Crippen molar-refractivity contribution in [1.29, 1.82) is 0 Å². The first-order valence-electron chi connectivity index (χ1n) is 9.64. The summed E-state index contributed by atoms with van der Waals surface area (Å²) in [6.45, 7) is 2.74. The zero-order valence-electron chi connectivity index (χ0n) is 15.6. The van der Waals surface area contributed by atoms with Crippen molar-refractivity contribution in [2.75, 3.05) is 11.4 Å². The zero-order chi connectivity index (χ0) is 18.6. The van der Waals surface area contributed by atoms with Gasteiger partial charge in [0.05, 0.1) is 12.7 Å². The van der Waals surface area contributed by atoms with Gasteiger partial charge in [-0.15, -0.1) is 11.3 Å². The summed E-state index contributed by atoms with van der Waals surface area (Å²) < 4.78 is 0. The third kappa shape index (κ3) is 4.14. The molecule has 1 amide bonds. The third-order valence-electron chi connectivity index (χ3n) is 5.42. The highest BCUT2D eigenvalue weighted by Crippen LogP contribution is 2.31. The number of nitrogens with one attached hydrogen (secondary N) is 1. The minimum Gasteiger partial charge on any atom is -0.348 e. The highest BCUT2D eigenvalue weighted by atomic mass is 32.1. The fourth-order valence-corrected chi connectivity index (χ4v) is 4.72. The van der Waals surface area contributed by atoms with E-state index < -0.39 is 0 Å². The molecule has 0 radical (unpaired) electrons. The molecule has 2 aromatic heterocycles. The first kappa shape index (κ1) is 18.0. The van der Waals surface area contributed by atoms with Crippen molar-refractivity contribution >= 4 is 22.9 Å². The van der Waals surface area contributed by atoms with Crippen molar-refractivity contribution in [3.8, 4) is 0 Å². The minimum atomic E-state index is 0.171. The van der Waals surface area contributed by atoms with Crippen LogP contribution in [0.3, 0.4) is 0 Å². The van der Waals surface area contributed by atoms with Crippen LogP contribution >= 0.6 is 11.3 Å². The molecule has 140 valence electrons. The predicted molar refractivity (Wildman–Crippen MR) is 110 cm³/mol. The Labute approximate surface area is 164 Å². The number of carbonyl (C=O) groups excluding carboxylic acids is 1. The van der Waals surface area contributed by atoms with Gasteiger partial charge in [0.2, 0.25) is 5.91 Å². The molecule has 4 rings (SSSR count). The molecule has 1 unspecified atom stereocenters. The normalized spacial score (nSPS) is 16.1. The van der Waals surface area contributed by atoms with E-state index in [-0.39, 0.29) is 5.91 Å². The van der Waals surface area contributed by atoms with Crippen molar-refractivity contribution in [3.63, 3.8) is 0 Å². The van der Waals surface area contributed by atoms with E-state index in [9.17, 15) is 4.79 Å². The van der Waals surface area contributed by atoms with E-state index >= 15 is 0 Å². The highest BCUT2D eigenvalue weighted by Gasteiger charge is 2.22. The number of fused-ring (bicyclic) bond motifs is 1. The Bertz CT molecular complexity index is 886. The molecule has 5 heteroatoms. The second-order valence-electron chi connectivity index (χ2n) is 7.24. The van der Waals surface area contributed by atoms with Crippen molar-refractivity contribution in [3.05, 3.63) is 69.9 Å². The van der Waals surface area contributed by atoms with Gasteiger partial charge in [-0.2, -0.15) is 0 Å². The second-order valence-corrected chi connectivity index (χ2v) is 8.27. The molecule has 1 aromatic carbocycles. The van der Waals surface area contributed by atoms with E-state index in [2.05, 4.69) is 28.2 Å². The molecule has 27 heavy (non-hydrogen) atoms. The number of H-pyrrole nitrogens is 1. The van der Waals surface area contributed by atoms with Gasteiger partial charge >= 0.3 is 0 Å². The molecule has 1 aliphatic rings. The predicted octanol–water partition coefficient (Wildman–Crippen LogP) is 4.41. The summed E-state index contributed by atoms with van der Waals surface area (Å²) in [4.78, 5) is 23.2. The van der Waals surface area contributed by atoms with Gasteiger partial charge in [-0.25, -0.2) is 4.98 Å². The molecule has 0 fully saturated rings. The number of aromatic amines is 1. The molecule has 4 nitrogen and oxygen atoms in total. The number of aryl methyl sites for hydroxylation is 1. The molecule has 0 spiro atoms. The molecule has 0 saturated carbocycles. The highest BCUT2D eigenvalue weighted by molar-refractivity contribution is 7.10. The van der Waals surface area contributed by atoms with Crippen LogP contribution in [0, 0.1) is 5.92 Å². The number of anilines is 1. The number of imidazole rings is 1. The molecule has 0 saturated heterocycles. The van der Waals surface area contributed by atoms with Gasteiger partial charge < -0.3 is 9.88 Å². The maximum Gasteiger partial charge on any atom is 0.232 e. The second kappa shape index (κ2) is 8.09. The van der Waals surface area contributed by atoms with Gasteiger partial charge in [-0.1, -0.05) is 12.1 Å². The van der Waals surface area contributed by atoms with E-state index in [1.165, 1.54) is 23.2 Å². The Kier molecular flexibility index (Phi) is 5.39. The van der Waals surface area contributed by atoms with E-state index in [4.69, 9.17) is 0 Å². The standard InChI is InChI=1S/C22H25N3OS/c1-2-25(22(26)13-21-4-3-9-27-21)20-8-7-17-6-5-16(10-18(17)12-20)11-19-14-23-15-24-19/h3-4,7-9,12,14-16H,2,5-6,10-11,13H2,1H3,(H,23,24). The lowest BCUT2D eigenvalue weighted by Gasteiger charge is -2.27. The molecule has 3 aromatic rings. The van der Waals surface area contributed by atoms with E-state index in [1.807, 2.05) is 35.5 Å². The fourth-order valence-electron chi connectivity index (χ4n) is 4.03. The van der Waals surface area contributed by atoms with Crippen LogP contribution in [0.25, 0.3) is 0 Å². The monoisotopic (exact) mass is 379 g/mol. The fraction of sp³-hybridized carbons (Fsp3) is 0.364. The van der Waals surface area contributed by atoms with Crippen LogP contribution in [0.2, 0.25) is 0 Å². The van der Waals surface area contributed by atoms with Crippen molar-refractivity contribution in [1.82, 2.24) is 9.97 Å². The van der Waals surface area contributed by atoms with E-state index in [0.717, 1.165) is 29.8 Å². The smallest absolute Gasteiger partial charge is 0.232 e. The lowest BCUT2D eigenvalue weighted by molar-refractivity contribution is -0.117. The zero-order valence-corrected chi connectivity index (χ0v) is 16.5. The lowest BCUT2D eigenvalue weighted by Crippen LogP contribution is -2.32. The number of amides is 1. The Hall–Kier alpha value is -2.40. The average molecular weight is 380 g/mol. The first-order chi connectivity index (χ1) is 13.2. The number of carbonyl (C=O) groups is 1. The van der Waals surface area contributed by atoms with Crippen LogP contribution in [-0.2, 0) is 30.5 Å². The summed E-state index contributed by atoms with van der Waals surface area (Å²) in [5.41, 5.74) is 5.06. The number of thiophene rings is 1. The summed E-state index contributed by atoms with van der Waals surface area (Å²) in [5.74, 6) is 0.801. The Morgan fingerprint density at radius 1 is 1.33 bits per heavy atom. The molecular weight excluding hydrogens is 354 g/mol. The van der Waals surface area contributed by atoms with Crippen LogP contribution in [0.15, 0.2) is 48.2 Å². The van der Waals surface area contributed by atoms with Gasteiger partial charge in [-0.05, 0) is 73.2 Å². The summed E-state index contributed by atoms with van der Waals surface area (Å²) in [7, 11) is 0. The molecule has 1 N–H and O–H groups in total. The molecule has 0 bridgehead atoms. The number of benzene rings is 1. The summed E-state index contributed by atoms with van der Waals surface area (Å²) in [5, 5.41) is 2.03. The summed E-state index contributed by atoms with van der Waals surface area (Å²) in [6, 6.07) is 10.6. The minimum absolute atomic E-state index is 0.171. The van der Waals surface area contributed by atoms with Crippen molar-refractivity contribution < 1.29 is 4.79 Å². The molecule has 1 aliphatic carbocycles. The first-order valence-corrected chi connectivity index (χ1v) is 10.5.